The molecule has 0 aromatic heterocycles. The number of benzene rings is 2. The molecule has 0 aliphatic rings. The van der Waals surface area contributed by atoms with E-state index in [0.717, 1.165) is 30.3 Å². The second kappa shape index (κ2) is 8.16. The average Bonchev–Trinajstić information content (AvgIpc) is 2.59. The monoisotopic (exact) mass is 423 g/mol. The van der Waals surface area contributed by atoms with Gasteiger partial charge in [-0.1, -0.05) is 0 Å². The van der Waals surface area contributed by atoms with Crippen LogP contribution in [0.2, 0.25) is 0 Å². The number of rotatable bonds is 4. The highest BCUT2D eigenvalue weighted by Crippen LogP contribution is 2.35. The van der Waals surface area contributed by atoms with E-state index in [1.165, 1.54) is 0 Å². The molecular formula is C16H11F6N3O4. The maximum absolute atomic E-state index is 13.0. The molecule has 0 fully saturated rings. The fourth-order valence-corrected chi connectivity index (χ4v) is 1.99. The Morgan fingerprint density at radius 2 is 1.45 bits per heavy atom. The number of alkyl halides is 6. The predicted octanol–water partition coefficient (Wildman–Crippen LogP) is 3.71. The zero-order valence-corrected chi connectivity index (χ0v) is 14.0. The van der Waals surface area contributed by atoms with E-state index in [1.54, 1.807) is 5.43 Å². The molecule has 7 nitrogen and oxygen atoms in total. The van der Waals surface area contributed by atoms with E-state index in [1.807, 2.05) is 5.43 Å². The van der Waals surface area contributed by atoms with Crippen LogP contribution in [-0.4, -0.2) is 18.3 Å². The lowest BCUT2D eigenvalue weighted by Gasteiger charge is -2.15. The molecule has 0 bridgehead atoms. The van der Waals surface area contributed by atoms with E-state index in [4.69, 9.17) is 10.5 Å². The number of carbonyl (C=O) groups excluding carboxylic acids is 2. The van der Waals surface area contributed by atoms with Crippen LogP contribution in [0.15, 0.2) is 42.5 Å². The van der Waals surface area contributed by atoms with Crippen LogP contribution >= 0.6 is 0 Å². The molecule has 0 radical (unpaired) electrons. The topological polar surface area (TPSA) is 103 Å². The molecule has 0 aliphatic heterocycles. The molecule has 0 saturated heterocycles. The second-order valence-electron chi connectivity index (χ2n) is 5.27. The summed E-state index contributed by atoms with van der Waals surface area (Å²) in [5, 5.41) is 0. The minimum atomic E-state index is -4.93. The number of primary amides is 1. The zero-order valence-electron chi connectivity index (χ0n) is 14.0. The summed E-state index contributed by atoms with van der Waals surface area (Å²) in [7, 11) is 0. The van der Waals surface area contributed by atoms with Gasteiger partial charge in [0, 0.05) is 0 Å². The van der Waals surface area contributed by atoms with E-state index < -0.39 is 47.1 Å². The van der Waals surface area contributed by atoms with E-state index in [0.29, 0.717) is 12.1 Å². The molecule has 0 heterocycles. The molecule has 0 saturated carbocycles. The Bertz CT molecular complexity index is 897. The van der Waals surface area contributed by atoms with Crippen LogP contribution in [0.4, 0.5) is 31.1 Å². The normalized spacial score (nSPS) is 11.5. The predicted molar refractivity (Wildman–Crippen MR) is 84.8 cm³/mol. The molecule has 0 aliphatic carbocycles. The largest absolute Gasteiger partial charge is 0.573 e. The fourth-order valence-electron chi connectivity index (χ4n) is 1.99. The first-order valence-corrected chi connectivity index (χ1v) is 7.46. The van der Waals surface area contributed by atoms with Crippen LogP contribution in [-0.2, 0) is 6.18 Å². The highest BCUT2D eigenvalue weighted by atomic mass is 19.4. The minimum absolute atomic E-state index is 0.184. The van der Waals surface area contributed by atoms with Gasteiger partial charge in [0.25, 0.3) is 5.91 Å². The number of hydrogen-bond donors (Lipinski definition) is 3. The third-order valence-electron chi connectivity index (χ3n) is 3.14. The van der Waals surface area contributed by atoms with Crippen molar-refractivity contribution in [2.24, 2.45) is 5.73 Å². The molecule has 3 amide bonds. The van der Waals surface area contributed by atoms with Crippen molar-refractivity contribution in [1.29, 1.82) is 0 Å². The molecule has 4 N–H and O–H groups in total. The summed E-state index contributed by atoms with van der Waals surface area (Å²) < 4.78 is 84.3. The van der Waals surface area contributed by atoms with Gasteiger partial charge in [0.05, 0.1) is 11.1 Å². The molecule has 0 spiro atoms. The maximum atomic E-state index is 13.0. The van der Waals surface area contributed by atoms with Gasteiger partial charge in [0.15, 0.2) is 0 Å². The maximum Gasteiger partial charge on any atom is 0.573 e. The van der Waals surface area contributed by atoms with E-state index >= 15 is 0 Å². The van der Waals surface area contributed by atoms with Gasteiger partial charge in [-0.3, -0.25) is 10.2 Å². The molecule has 156 valence electrons. The summed E-state index contributed by atoms with van der Waals surface area (Å²) in [6.45, 7) is 0. The number of hydrogen-bond acceptors (Lipinski definition) is 4. The van der Waals surface area contributed by atoms with Gasteiger partial charge in [0.1, 0.15) is 17.2 Å². The van der Waals surface area contributed by atoms with Crippen LogP contribution in [0.5, 0.6) is 17.2 Å². The molecular weight excluding hydrogens is 412 g/mol. The van der Waals surface area contributed by atoms with Crippen molar-refractivity contribution in [2.45, 2.75) is 12.5 Å². The summed E-state index contributed by atoms with van der Waals surface area (Å²) in [6.07, 6.45) is -9.69. The molecule has 0 unspecified atom stereocenters. The Hall–Kier alpha value is -3.64. The Balaban J connectivity index is 2.32. The average molecular weight is 423 g/mol. The summed E-state index contributed by atoms with van der Waals surface area (Å²) in [6, 6.07) is 4.49. The smallest absolute Gasteiger partial charge is 0.457 e. The number of halogens is 6. The quantitative estimate of drug-likeness (QED) is 0.515. The number of urea groups is 1. The van der Waals surface area contributed by atoms with Gasteiger partial charge in [-0.2, -0.15) is 13.2 Å². The molecule has 29 heavy (non-hydrogen) atoms. The van der Waals surface area contributed by atoms with Gasteiger partial charge in [-0.15, -0.1) is 13.2 Å². The van der Waals surface area contributed by atoms with Crippen LogP contribution < -0.4 is 26.1 Å². The highest BCUT2D eigenvalue weighted by Gasteiger charge is 2.32. The molecule has 2 rings (SSSR count). The molecule has 2 aromatic rings. The van der Waals surface area contributed by atoms with Crippen molar-refractivity contribution >= 4 is 11.9 Å². The van der Waals surface area contributed by atoms with Crippen molar-refractivity contribution in [3.05, 3.63) is 53.6 Å². The van der Waals surface area contributed by atoms with E-state index in [9.17, 15) is 35.9 Å². The Kier molecular flexibility index (Phi) is 6.09. The Morgan fingerprint density at radius 1 is 0.862 bits per heavy atom. The third kappa shape index (κ3) is 6.48. The molecule has 2 aromatic carbocycles. The minimum Gasteiger partial charge on any atom is -0.457 e. The highest BCUT2D eigenvalue weighted by molar-refractivity contribution is 5.97. The SMILES string of the molecule is NC(=O)NNC(=O)c1ccc(C(F)(F)F)cc1Oc1ccc(OC(F)(F)F)cc1. The van der Waals surface area contributed by atoms with Crippen LogP contribution in [0.3, 0.4) is 0 Å². The van der Waals surface area contributed by atoms with Crippen LogP contribution in [0.25, 0.3) is 0 Å². The number of ether oxygens (including phenoxy) is 2. The summed E-state index contributed by atoms with van der Waals surface area (Å²) in [5.41, 5.74) is 6.81. The van der Waals surface area contributed by atoms with Crippen LogP contribution in [0.1, 0.15) is 15.9 Å². The second-order valence-corrected chi connectivity index (χ2v) is 5.27. The van der Waals surface area contributed by atoms with Gasteiger partial charge in [-0.25, -0.2) is 10.2 Å². The van der Waals surface area contributed by atoms with Crippen LogP contribution in [0, 0.1) is 0 Å². The van der Waals surface area contributed by atoms with Gasteiger partial charge in [-0.05, 0) is 42.5 Å². The summed E-state index contributed by atoms with van der Waals surface area (Å²) in [5.74, 6) is -2.40. The first-order valence-electron chi connectivity index (χ1n) is 7.46. The number of carbonyl (C=O) groups is 2. The van der Waals surface area contributed by atoms with Crippen molar-refractivity contribution < 1.29 is 45.4 Å². The summed E-state index contributed by atoms with van der Waals surface area (Å²) >= 11 is 0. The van der Waals surface area contributed by atoms with Gasteiger partial charge in [0.2, 0.25) is 0 Å². The first kappa shape index (κ1) is 21.7. The standard InChI is InChI=1S/C16H11F6N3O4/c17-15(18,19)8-1-6-11(13(26)24-25-14(23)27)12(7-8)28-9-2-4-10(5-3-9)29-16(20,21)22/h1-7H,(H,24,26)(H3,23,25,27). The fraction of sp³-hybridized carbons (Fsp3) is 0.125. The lowest BCUT2D eigenvalue weighted by Crippen LogP contribution is -2.44. The van der Waals surface area contributed by atoms with E-state index in [2.05, 4.69) is 4.74 Å². The lowest BCUT2D eigenvalue weighted by atomic mass is 10.1. The first-order chi connectivity index (χ1) is 13.3. The Labute approximate surface area is 158 Å². The van der Waals surface area contributed by atoms with Crippen molar-refractivity contribution in [2.75, 3.05) is 0 Å². The third-order valence-corrected chi connectivity index (χ3v) is 3.14. The number of amides is 3. The van der Waals surface area contributed by atoms with Crippen molar-refractivity contribution in [1.82, 2.24) is 10.9 Å². The van der Waals surface area contributed by atoms with Gasteiger partial charge < -0.3 is 15.2 Å². The molecule has 13 heteroatoms. The number of nitrogens with two attached hydrogens (primary N) is 1. The summed E-state index contributed by atoms with van der Waals surface area (Å²) in [4.78, 5) is 22.7. The zero-order chi connectivity index (χ0) is 21.8. The Morgan fingerprint density at radius 3 is 1.97 bits per heavy atom. The molecule has 0 atom stereocenters. The van der Waals surface area contributed by atoms with Gasteiger partial charge >= 0.3 is 18.6 Å². The van der Waals surface area contributed by atoms with Crippen molar-refractivity contribution in [3.8, 4) is 17.2 Å². The van der Waals surface area contributed by atoms with E-state index in [-0.39, 0.29) is 5.75 Å². The lowest BCUT2D eigenvalue weighted by molar-refractivity contribution is -0.274. The number of hydrazine groups is 1. The van der Waals surface area contributed by atoms with Crippen molar-refractivity contribution in [3.63, 3.8) is 0 Å². The number of nitrogens with one attached hydrogen (secondary N) is 2.